The largest absolute Gasteiger partial charge is 0.306 e. The van der Waals surface area contributed by atoms with Crippen LogP contribution in [0.4, 0.5) is 0 Å². The maximum Gasteiger partial charge on any atom is 0.0576 e. The van der Waals surface area contributed by atoms with E-state index < -0.39 is 0 Å². The van der Waals surface area contributed by atoms with Gasteiger partial charge in [0.1, 0.15) is 0 Å². The van der Waals surface area contributed by atoms with Gasteiger partial charge in [-0.05, 0) is 35.6 Å². The van der Waals surface area contributed by atoms with Crippen molar-refractivity contribution in [3.05, 3.63) is 71.3 Å². The molecule has 0 aliphatic heterocycles. The maximum atomic E-state index is 3.65. The first kappa shape index (κ1) is 14.8. The minimum absolute atomic E-state index is 0.289. The molecule has 2 aromatic rings. The Kier molecular flexibility index (Phi) is 5.37. The Morgan fingerprint density at radius 3 is 1.90 bits per heavy atom. The highest BCUT2D eigenvalue weighted by molar-refractivity contribution is 5.34. The summed E-state index contributed by atoms with van der Waals surface area (Å²) >= 11 is 0. The van der Waals surface area contributed by atoms with Gasteiger partial charge < -0.3 is 5.32 Å². The molecular weight excluding hydrogens is 242 g/mol. The lowest BCUT2D eigenvalue weighted by atomic mass is 9.95. The highest BCUT2D eigenvalue weighted by Gasteiger charge is 2.12. The number of hydrogen-bond donors (Lipinski definition) is 1. The highest BCUT2D eigenvalue weighted by Crippen LogP contribution is 2.24. The van der Waals surface area contributed by atoms with E-state index in [0.717, 1.165) is 13.0 Å². The summed E-state index contributed by atoms with van der Waals surface area (Å²) in [7, 11) is 0. The van der Waals surface area contributed by atoms with Gasteiger partial charge in [0.2, 0.25) is 0 Å². The summed E-state index contributed by atoms with van der Waals surface area (Å²) in [5.74, 6) is 0.586. The van der Waals surface area contributed by atoms with Crippen molar-refractivity contribution in [1.82, 2.24) is 5.32 Å². The average molecular weight is 267 g/mol. The topological polar surface area (TPSA) is 12.0 Å². The third kappa shape index (κ3) is 3.71. The first-order valence-corrected chi connectivity index (χ1v) is 7.60. The quantitative estimate of drug-likeness (QED) is 0.785. The van der Waals surface area contributed by atoms with Crippen molar-refractivity contribution in [2.24, 2.45) is 0 Å². The van der Waals surface area contributed by atoms with Crippen LogP contribution < -0.4 is 5.32 Å². The molecular formula is C19H25N. The molecule has 1 nitrogen and oxygen atoms in total. The average Bonchev–Trinajstić information content (AvgIpc) is 2.49. The molecule has 1 N–H and O–H groups in total. The molecule has 1 heteroatoms. The zero-order chi connectivity index (χ0) is 14.4. The summed E-state index contributed by atoms with van der Waals surface area (Å²) in [6, 6.07) is 20.0. The van der Waals surface area contributed by atoms with Gasteiger partial charge in [-0.15, -0.1) is 0 Å². The van der Waals surface area contributed by atoms with E-state index in [1.807, 2.05) is 0 Å². The number of nitrogens with one attached hydrogen (secondary N) is 1. The van der Waals surface area contributed by atoms with Crippen molar-refractivity contribution in [3.8, 4) is 0 Å². The summed E-state index contributed by atoms with van der Waals surface area (Å²) in [5.41, 5.74) is 4.07. The fourth-order valence-electron chi connectivity index (χ4n) is 2.44. The minimum atomic E-state index is 0.289. The van der Waals surface area contributed by atoms with Crippen molar-refractivity contribution in [2.45, 2.75) is 39.2 Å². The van der Waals surface area contributed by atoms with Crippen molar-refractivity contribution in [1.29, 1.82) is 0 Å². The Bertz CT molecular complexity index is 499. The van der Waals surface area contributed by atoms with Crippen LogP contribution in [0.1, 0.15) is 55.8 Å². The van der Waals surface area contributed by atoms with Gasteiger partial charge >= 0.3 is 0 Å². The zero-order valence-corrected chi connectivity index (χ0v) is 12.8. The molecule has 0 fully saturated rings. The van der Waals surface area contributed by atoms with E-state index in [1.165, 1.54) is 16.7 Å². The van der Waals surface area contributed by atoms with Crippen LogP contribution in [0, 0.1) is 0 Å². The van der Waals surface area contributed by atoms with E-state index in [-0.39, 0.29) is 6.04 Å². The molecule has 1 unspecified atom stereocenters. The van der Waals surface area contributed by atoms with E-state index in [9.17, 15) is 0 Å². The molecule has 0 bridgehead atoms. The lowest BCUT2D eigenvalue weighted by Crippen LogP contribution is -2.23. The second kappa shape index (κ2) is 7.25. The van der Waals surface area contributed by atoms with Crippen LogP contribution in [-0.2, 0) is 0 Å². The van der Waals surface area contributed by atoms with Gasteiger partial charge in [-0.25, -0.2) is 0 Å². The van der Waals surface area contributed by atoms with Gasteiger partial charge in [-0.2, -0.15) is 0 Å². The molecule has 2 aromatic carbocycles. The molecule has 0 spiro atoms. The molecule has 2 rings (SSSR count). The monoisotopic (exact) mass is 267 g/mol. The zero-order valence-electron chi connectivity index (χ0n) is 12.8. The molecule has 20 heavy (non-hydrogen) atoms. The SMILES string of the molecule is CCCNC(c1ccccc1)c1ccc(C(C)C)cc1. The summed E-state index contributed by atoms with van der Waals surface area (Å²) < 4.78 is 0. The molecule has 0 radical (unpaired) electrons. The third-order valence-corrected chi connectivity index (χ3v) is 3.67. The molecule has 0 saturated heterocycles. The van der Waals surface area contributed by atoms with Crippen molar-refractivity contribution >= 4 is 0 Å². The van der Waals surface area contributed by atoms with E-state index >= 15 is 0 Å². The van der Waals surface area contributed by atoms with E-state index in [4.69, 9.17) is 0 Å². The molecule has 106 valence electrons. The van der Waals surface area contributed by atoms with Gasteiger partial charge in [0.05, 0.1) is 6.04 Å². The van der Waals surface area contributed by atoms with Crippen LogP contribution in [0.3, 0.4) is 0 Å². The predicted octanol–water partition coefficient (Wildman–Crippen LogP) is 4.90. The van der Waals surface area contributed by atoms with E-state index in [0.29, 0.717) is 5.92 Å². The van der Waals surface area contributed by atoms with E-state index in [2.05, 4.69) is 80.7 Å². The number of hydrogen-bond acceptors (Lipinski definition) is 1. The summed E-state index contributed by atoms with van der Waals surface area (Å²) in [6.45, 7) is 7.71. The Hall–Kier alpha value is -1.60. The van der Waals surface area contributed by atoms with Gasteiger partial charge in [-0.1, -0.05) is 75.4 Å². The minimum Gasteiger partial charge on any atom is -0.306 e. The Morgan fingerprint density at radius 2 is 1.35 bits per heavy atom. The third-order valence-electron chi connectivity index (χ3n) is 3.67. The second-order valence-corrected chi connectivity index (χ2v) is 5.62. The highest BCUT2D eigenvalue weighted by atomic mass is 14.9. The number of rotatable bonds is 6. The predicted molar refractivity (Wildman–Crippen MR) is 87.1 cm³/mol. The van der Waals surface area contributed by atoms with Gasteiger partial charge in [0.25, 0.3) is 0 Å². The van der Waals surface area contributed by atoms with Crippen LogP contribution in [0.25, 0.3) is 0 Å². The summed E-state index contributed by atoms with van der Waals surface area (Å²) in [5, 5.41) is 3.65. The smallest absolute Gasteiger partial charge is 0.0576 e. The Morgan fingerprint density at radius 1 is 0.800 bits per heavy atom. The molecule has 0 aromatic heterocycles. The van der Waals surface area contributed by atoms with Crippen molar-refractivity contribution in [2.75, 3.05) is 6.54 Å². The Balaban J connectivity index is 2.26. The van der Waals surface area contributed by atoms with Crippen molar-refractivity contribution < 1.29 is 0 Å². The lowest BCUT2D eigenvalue weighted by Gasteiger charge is -2.20. The van der Waals surface area contributed by atoms with Crippen LogP contribution in [-0.4, -0.2) is 6.54 Å². The van der Waals surface area contributed by atoms with Crippen molar-refractivity contribution in [3.63, 3.8) is 0 Å². The fourth-order valence-corrected chi connectivity index (χ4v) is 2.44. The molecule has 1 atom stereocenters. The van der Waals surface area contributed by atoms with Crippen LogP contribution in [0.2, 0.25) is 0 Å². The van der Waals surface area contributed by atoms with Gasteiger partial charge in [0.15, 0.2) is 0 Å². The first-order valence-electron chi connectivity index (χ1n) is 7.60. The number of benzene rings is 2. The van der Waals surface area contributed by atoms with Crippen LogP contribution in [0.5, 0.6) is 0 Å². The first-order chi connectivity index (χ1) is 9.72. The molecule has 0 aliphatic rings. The standard InChI is InChI=1S/C19H25N/c1-4-14-20-19(17-8-6-5-7-9-17)18-12-10-16(11-13-18)15(2)3/h5-13,15,19-20H,4,14H2,1-3H3. The Labute approximate surface area is 123 Å². The lowest BCUT2D eigenvalue weighted by molar-refractivity contribution is 0.598. The van der Waals surface area contributed by atoms with Crippen LogP contribution >= 0.6 is 0 Å². The normalized spacial score (nSPS) is 12.6. The van der Waals surface area contributed by atoms with Gasteiger partial charge in [-0.3, -0.25) is 0 Å². The molecule has 0 heterocycles. The molecule has 0 saturated carbocycles. The van der Waals surface area contributed by atoms with Gasteiger partial charge in [0, 0.05) is 0 Å². The second-order valence-electron chi connectivity index (χ2n) is 5.62. The molecule has 0 aliphatic carbocycles. The fraction of sp³-hybridized carbons (Fsp3) is 0.368. The maximum absolute atomic E-state index is 3.65. The summed E-state index contributed by atoms with van der Waals surface area (Å²) in [6.07, 6.45) is 1.15. The molecule has 0 amide bonds. The van der Waals surface area contributed by atoms with Crippen LogP contribution in [0.15, 0.2) is 54.6 Å². The van der Waals surface area contributed by atoms with E-state index in [1.54, 1.807) is 0 Å². The summed E-state index contributed by atoms with van der Waals surface area (Å²) in [4.78, 5) is 0.